The lowest BCUT2D eigenvalue weighted by Crippen LogP contribution is -2.14. The lowest BCUT2D eigenvalue weighted by Gasteiger charge is -2.02. The van der Waals surface area contributed by atoms with E-state index in [9.17, 15) is 19.2 Å². The van der Waals surface area contributed by atoms with E-state index in [2.05, 4.69) is 0 Å². The zero-order chi connectivity index (χ0) is 19.1. The molecule has 2 aromatic carbocycles. The Hall–Kier alpha value is -3.80. The zero-order valence-corrected chi connectivity index (χ0v) is 13.5. The van der Waals surface area contributed by atoms with Gasteiger partial charge in [0.1, 0.15) is 0 Å². The molecule has 0 saturated heterocycles. The molecule has 0 spiro atoms. The molecule has 0 aromatic heterocycles. The maximum atomic E-state index is 12.3. The standard InChI is InChI=1S/C20H14O6/c21-17(22)11-5-13-1-7-15(8-2-13)19(25)20(26)16-9-3-14(4-10-16)6-12-18(23)24/h1-12H,(H,21,22)(H,23,24)/b11-5+,12-6+. The van der Waals surface area contributed by atoms with Gasteiger partial charge in [-0.1, -0.05) is 48.5 Å². The summed E-state index contributed by atoms with van der Waals surface area (Å²) in [6.07, 6.45) is 4.70. The summed E-state index contributed by atoms with van der Waals surface area (Å²) in [5.41, 5.74) is 1.56. The van der Waals surface area contributed by atoms with Crippen LogP contribution in [0.15, 0.2) is 60.7 Å². The van der Waals surface area contributed by atoms with E-state index in [0.717, 1.165) is 12.2 Å². The quantitative estimate of drug-likeness (QED) is 0.451. The molecular formula is C20H14O6. The van der Waals surface area contributed by atoms with Gasteiger partial charge in [-0.25, -0.2) is 9.59 Å². The van der Waals surface area contributed by atoms with Crippen LogP contribution in [0, 0.1) is 0 Å². The number of benzene rings is 2. The van der Waals surface area contributed by atoms with Gasteiger partial charge in [-0.2, -0.15) is 0 Å². The lowest BCUT2D eigenvalue weighted by atomic mass is 9.99. The summed E-state index contributed by atoms with van der Waals surface area (Å²) in [5.74, 6) is -3.54. The first-order valence-electron chi connectivity index (χ1n) is 7.48. The van der Waals surface area contributed by atoms with Crippen molar-refractivity contribution in [2.24, 2.45) is 0 Å². The lowest BCUT2D eigenvalue weighted by molar-refractivity contribution is -0.132. The van der Waals surface area contributed by atoms with E-state index in [1.807, 2.05) is 0 Å². The van der Waals surface area contributed by atoms with Gasteiger partial charge in [0.25, 0.3) is 0 Å². The molecule has 0 aliphatic heterocycles. The molecule has 0 fully saturated rings. The van der Waals surface area contributed by atoms with E-state index in [4.69, 9.17) is 10.2 Å². The van der Waals surface area contributed by atoms with E-state index in [1.54, 1.807) is 24.3 Å². The van der Waals surface area contributed by atoms with Crippen molar-refractivity contribution in [2.75, 3.05) is 0 Å². The van der Waals surface area contributed by atoms with Gasteiger partial charge < -0.3 is 10.2 Å². The number of hydrogen-bond acceptors (Lipinski definition) is 4. The second kappa shape index (κ2) is 8.34. The molecule has 6 nitrogen and oxygen atoms in total. The van der Waals surface area contributed by atoms with Crippen LogP contribution in [0.4, 0.5) is 0 Å². The Morgan fingerprint density at radius 3 is 1.15 bits per heavy atom. The van der Waals surface area contributed by atoms with Crippen LogP contribution in [-0.2, 0) is 9.59 Å². The van der Waals surface area contributed by atoms with Crippen molar-refractivity contribution in [1.82, 2.24) is 0 Å². The predicted octanol–water partition coefficient (Wildman–Crippen LogP) is 2.95. The van der Waals surface area contributed by atoms with Crippen molar-refractivity contribution >= 4 is 35.7 Å². The number of carboxylic acids is 2. The minimum absolute atomic E-state index is 0.192. The normalized spacial score (nSPS) is 10.9. The van der Waals surface area contributed by atoms with E-state index in [0.29, 0.717) is 11.1 Å². The summed E-state index contributed by atoms with van der Waals surface area (Å²) in [7, 11) is 0. The number of rotatable bonds is 7. The number of carbonyl (C=O) groups is 4. The molecule has 0 amide bonds. The molecule has 2 aromatic rings. The van der Waals surface area contributed by atoms with Crippen molar-refractivity contribution in [3.8, 4) is 0 Å². The monoisotopic (exact) mass is 350 g/mol. The van der Waals surface area contributed by atoms with Gasteiger partial charge in [-0.15, -0.1) is 0 Å². The molecule has 0 heterocycles. The summed E-state index contributed by atoms with van der Waals surface area (Å²) < 4.78 is 0. The minimum atomic E-state index is -1.08. The maximum absolute atomic E-state index is 12.3. The van der Waals surface area contributed by atoms with Crippen molar-refractivity contribution in [1.29, 1.82) is 0 Å². The van der Waals surface area contributed by atoms with Crippen LogP contribution in [0.25, 0.3) is 12.2 Å². The first-order valence-corrected chi connectivity index (χ1v) is 7.48. The first kappa shape index (κ1) is 18.5. The maximum Gasteiger partial charge on any atom is 0.328 e. The molecule has 0 bridgehead atoms. The highest BCUT2D eigenvalue weighted by molar-refractivity contribution is 6.49. The Labute approximate surface area is 148 Å². The molecule has 6 heteroatoms. The van der Waals surface area contributed by atoms with Gasteiger partial charge in [0.2, 0.25) is 11.6 Å². The smallest absolute Gasteiger partial charge is 0.328 e. The van der Waals surface area contributed by atoms with Crippen LogP contribution in [-0.4, -0.2) is 33.7 Å². The summed E-state index contributed by atoms with van der Waals surface area (Å²) in [6.45, 7) is 0. The Balaban J connectivity index is 2.12. The average molecular weight is 350 g/mol. The largest absolute Gasteiger partial charge is 0.478 e. The van der Waals surface area contributed by atoms with Gasteiger partial charge in [-0.3, -0.25) is 9.59 Å². The second-order valence-electron chi connectivity index (χ2n) is 5.25. The highest BCUT2D eigenvalue weighted by Gasteiger charge is 2.17. The number of ketones is 2. The Kier molecular flexibility index (Phi) is 5.95. The van der Waals surface area contributed by atoms with Gasteiger partial charge in [0.05, 0.1) is 0 Å². The first-order chi connectivity index (χ1) is 12.4. The fraction of sp³-hybridized carbons (Fsp3) is 0. The molecule has 2 N–H and O–H groups in total. The molecule has 0 saturated carbocycles. The van der Waals surface area contributed by atoms with Gasteiger partial charge in [0.15, 0.2) is 0 Å². The number of Topliss-reactive ketones (excluding diaryl/α,β-unsaturated/α-hetero) is 2. The van der Waals surface area contributed by atoms with Crippen LogP contribution in [0.2, 0.25) is 0 Å². The summed E-state index contributed by atoms with van der Waals surface area (Å²) in [5, 5.41) is 17.2. The predicted molar refractivity (Wildman–Crippen MR) is 94.9 cm³/mol. The molecule has 0 unspecified atom stereocenters. The molecule has 2 rings (SSSR count). The molecule has 0 radical (unpaired) electrons. The van der Waals surface area contributed by atoms with E-state index < -0.39 is 23.5 Å². The van der Waals surface area contributed by atoms with Crippen molar-refractivity contribution in [3.63, 3.8) is 0 Å². The van der Waals surface area contributed by atoms with Crippen LogP contribution >= 0.6 is 0 Å². The molecular weight excluding hydrogens is 336 g/mol. The number of carbonyl (C=O) groups excluding carboxylic acids is 2. The molecule has 26 heavy (non-hydrogen) atoms. The average Bonchev–Trinajstić information content (AvgIpc) is 2.64. The Morgan fingerprint density at radius 1 is 0.577 bits per heavy atom. The van der Waals surface area contributed by atoms with Crippen LogP contribution < -0.4 is 0 Å². The van der Waals surface area contributed by atoms with Gasteiger partial charge in [0, 0.05) is 23.3 Å². The highest BCUT2D eigenvalue weighted by atomic mass is 16.4. The van der Waals surface area contributed by atoms with E-state index >= 15 is 0 Å². The second-order valence-corrected chi connectivity index (χ2v) is 5.25. The third-order valence-corrected chi connectivity index (χ3v) is 3.39. The fourth-order valence-corrected chi connectivity index (χ4v) is 2.09. The van der Waals surface area contributed by atoms with E-state index in [1.165, 1.54) is 36.4 Å². The Bertz CT molecular complexity index is 825. The van der Waals surface area contributed by atoms with Crippen molar-refractivity contribution < 1.29 is 29.4 Å². The third-order valence-electron chi connectivity index (χ3n) is 3.39. The summed E-state index contributed by atoms with van der Waals surface area (Å²) in [4.78, 5) is 45.5. The zero-order valence-electron chi connectivity index (χ0n) is 13.5. The molecule has 130 valence electrons. The van der Waals surface area contributed by atoms with Crippen LogP contribution in [0.1, 0.15) is 31.8 Å². The minimum Gasteiger partial charge on any atom is -0.478 e. The van der Waals surface area contributed by atoms with E-state index in [-0.39, 0.29) is 11.1 Å². The Morgan fingerprint density at radius 2 is 0.885 bits per heavy atom. The highest BCUT2D eigenvalue weighted by Crippen LogP contribution is 2.12. The summed E-state index contributed by atoms with van der Waals surface area (Å²) >= 11 is 0. The van der Waals surface area contributed by atoms with Gasteiger partial charge in [-0.05, 0) is 23.3 Å². The number of hydrogen-bond donors (Lipinski definition) is 2. The van der Waals surface area contributed by atoms with Gasteiger partial charge >= 0.3 is 11.9 Å². The van der Waals surface area contributed by atoms with Crippen LogP contribution in [0.5, 0.6) is 0 Å². The SMILES string of the molecule is O=C(O)/C=C/c1ccc(C(=O)C(=O)c2ccc(/C=C/C(=O)O)cc2)cc1. The third kappa shape index (κ3) is 5.10. The van der Waals surface area contributed by atoms with Crippen molar-refractivity contribution in [2.45, 2.75) is 0 Å². The summed E-state index contributed by atoms with van der Waals surface area (Å²) in [6, 6.07) is 12.0. The molecule has 0 aliphatic rings. The van der Waals surface area contributed by atoms with Crippen LogP contribution in [0.3, 0.4) is 0 Å². The number of aliphatic carboxylic acids is 2. The fourth-order valence-electron chi connectivity index (χ4n) is 2.09. The van der Waals surface area contributed by atoms with Crippen molar-refractivity contribution in [3.05, 3.63) is 82.9 Å². The molecule has 0 atom stereocenters. The molecule has 0 aliphatic carbocycles. The number of carboxylic acid groups (broad SMARTS) is 2. The topological polar surface area (TPSA) is 109 Å².